The first-order valence-corrected chi connectivity index (χ1v) is 9.29. The van der Waals surface area contributed by atoms with E-state index in [1.165, 1.54) is 11.9 Å². The second kappa shape index (κ2) is 7.75. The van der Waals surface area contributed by atoms with Gasteiger partial charge in [-0.25, -0.2) is 4.68 Å². The van der Waals surface area contributed by atoms with E-state index in [-0.39, 0.29) is 30.9 Å². The van der Waals surface area contributed by atoms with Gasteiger partial charge in [0.1, 0.15) is 12.1 Å². The zero-order valence-corrected chi connectivity index (χ0v) is 16.2. The summed E-state index contributed by atoms with van der Waals surface area (Å²) in [5.41, 5.74) is 3.95. The Morgan fingerprint density at radius 1 is 1.21 bits per heavy atom. The molecule has 4 rings (SSSR count). The molecule has 3 aromatic rings. The molecule has 2 aromatic carbocycles. The molecule has 1 aliphatic heterocycles. The summed E-state index contributed by atoms with van der Waals surface area (Å²) in [7, 11) is 0. The molecule has 0 fully saturated rings. The molecule has 148 valence electrons. The second-order valence-electron chi connectivity index (χ2n) is 7.00. The molecule has 2 heterocycles. The lowest BCUT2D eigenvalue weighted by atomic mass is 10.0. The molecule has 2 N–H and O–H groups in total. The Labute approximate surface area is 167 Å². The maximum Gasteiger partial charge on any atom is 0.262 e. The minimum absolute atomic E-state index is 0.0919. The highest BCUT2D eigenvalue weighted by atomic mass is 16.5. The Morgan fingerprint density at radius 3 is 2.76 bits per heavy atom. The summed E-state index contributed by atoms with van der Waals surface area (Å²) in [6.45, 7) is 3.93. The van der Waals surface area contributed by atoms with Crippen LogP contribution in [0.25, 0.3) is 0 Å². The molecule has 0 aliphatic carbocycles. The molecule has 0 spiro atoms. The van der Waals surface area contributed by atoms with Crippen LogP contribution in [-0.4, -0.2) is 33.2 Å². The van der Waals surface area contributed by atoms with Gasteiger partial charge in [0.2, 0.25) is 11.9 Å². The number of aryl methyl sites for hydroxylation is 2. The number of nitrogens with one attached hydrogen (secondary N) is 2. The highest BCUT2D eigenvalue weighted by Gasteiger charge is 2.27. The van der Waals surface area contributed by atoms with Crippen molar-refractivity contribution >= 4 is 23.5 Å². The van der Waals surface area contributed by atoms with Gasteiger partial charge in [-0.1, -0.05) is 18.2 Å². The number of anilines is 2. The van der Waals surface area contributed by atoms with Crippen molar-refractivity contribution in [1.29, 1.82) is 0 Å². The first-order chi connectivity index (χ1) is 14.0. The summed E-state index contributed by atoms with van der Waals surface area (Å²) in [5.74, 6) is 0.685. The van der Waals surface area contributed by atoms with Crippen molar-refractivity contribution in [2.24, 2.45) is 0 Å². The van der Waals surface area contributed by atoms with Crippen LogP contribution in [0.1, 0.15) is 29.2 Å². The fraction of sp³-hybridized carbons (Fsp3) is 0.238. The quantitative estimate of drug-likeness (QED) is 0.697. The number of nitrogens with zero attached hydrogens (tertiary/aromatic N) is 3. The molecule has 0 saturated heterocycles. The van der Waals surface area contributed by atoms with Crippen molar-refractivity contribution in [1.82, 2.24) is 14.8 Å². The lowest BCUT2D eigenvalue weighted by molar-refractivity contribution is -0.118. The number of rotatable bonds is 5. The molecule has 8 heteroatoms. The van der Waals surface area contributed by atoms with Gasteiger partial charge < -0.3 is 10.1 Å². The number of hydrogen-bond donors (Lipinski definition) is 2. The van der Waals surface area contributed by atoms with Crippen LogP contribution in [-0.2, 0) is 9.59 Å². The molecule has 29 heavy (non-hydrogen) atoms. The van der Waals surface area contributed by atoms with E-state index in [1.54, 1.807) is 16.8 Å². The second-order valence-corrected chi connectivity index (χ2v) is 7.00. The van der Waals surface area contributed by atoms with Crippen molar-refractivity contribution in [3.05, 3.63) is 65.5 Å². The van der Waals surface area contributed by atoms with Crippen LogP contribution >= 0.6 is 0 Å². The Bertz CT molecular complexity index is 1060. The lowest BCUT2D eigenvalue weighted by Crippen LogP contribution is -2.29. The Hall–Kier alpha value is -3.68. The fourth-order valence-electron chi connectivity index (χ4n) is 3.22. The van der Waals surface area contributed by atoms with E-state index >= 15 is 0 Å². The van der Waals surface area contributed by atoms with Gasteiger partial charge in [0.15, 0.2) is 6.61 Å². The summed E-state index contributed by atoms with van der Waals surface area (Å²) in [6.07, 6.45) is 1.70. The topological polar surface area (TPSA) is 98.1 Å². The first kappa shape index (κ1) is 18.7. The maximum atomic E-state index is 12.1. The van der Waals surface area contributed by atoms with Crippen LogP contribution in [0.15, 0.2) is 48.8 Å². The van der Waals surface area contributed by atoms with Crippen molar-refractivity contribution in [3.63, 3.8) is 0 Å². The molecule has 1 unspecified atom stereocenters. The van der Waals surface area contributed by atoms with Gasteiger partial charge in [-0.05, 0) is 54.8 Å². The highest BCUT2D eigenvalue weighted by molar-refractivity contribution is 5.92. The predicted octanol–water partition coefficient (Wildman–Crippen LogP) is 2.84. The molecular formula is C21H21N5O3. The number of carbonyl (C=O) groups is 2. The molecule has 1 aromatic heterocycles. The lowest BCUT2D eigenvalue weighted by Gasteiger charge is -2.23. The Balaban J connectivity index is 1.37. The van der Waals surface area contributed by atoms with Crippen LogP contribution in [0.3, 0.4) is 0 Å². The van der Waals surface area contributed by atoms with Crippen LogP contribution < -0.4 is 15.4 Å². The molecule has 1 aliphatic rings. The number of amides is 2. The highest BCUT2D eigenvalue weighted by Crippen LogP contribution is 2.29. The van der Waals surface area contributed by atoms with E-state index in [0.29, 0.717) is 11.7 Å². The molecule has 1 atom stereocenters. The molecule has 0 radical (unpaired) electrons. The Morgan fingerprint density at radius 2 is 2.00 bits per heavy atom. The van der Waals surface area contributed by atoms with Gasteiger partial charge in [0.25, 0.3) is 5.91 Å². The predicted molar refractivity (Wildman–Crippen MR) is 108 cm³/mol. The average Bonchev–Trinajstić information content (AvgIpc) is 3.17. The third-order valence-electron chi connectivity index (χ3n) is 4.92. The number of hydrogen-bond acceptors (Lipinski definition) is 5. The van der Waals surface area contributed by atoms with E-state index in [1.807, 2.05) is 44.2 Å². The summed E-state index contributed by atoms with van der Waals surface area (Å²) < 4.78 is 7.27. The van der Waals surface area contributed by atoms with Crippen molar-refractivity contribution < 1.29 is 14.3 Å². The first-order valence-electron chi connectivity index (χ1n) is 9.29. The molecule has 2 amide bonds. The van der Waals surface area contributed by atoms with Crippen molar-refractivity contribution in [2.75, 3.05) is 17.2 Å². The maximum absolute atomic E-state index is 12.1. The molecule has 8 nitrogen and oxygen atoms in total. The van der Waals surface area contributed by atoms with Gasteiger partial charge in [0, 0.05) is 5.69 Å². The normalized spacial score (nSPS) is 15.4. The van der Waals surface area contributed by atoms with Crippen LogP contribution in [0, 0.1) is 13.8 Å². The summed E-state index contributed by atoms with van der Waals surface area (Å²) in [6, 6.07) is 12.8. The number of ether oxygens (including phenoxy) is 1. The van der Waals surface area contributed by atoms with Crippen molar-refractivity contribution in [3.8, 4) is 5.75 Å². The zero-order chi connectivity index (χ0) is 20.4. The van der Waals surface area contributed by atoms with Crippen LogP contribution in [0.5, 0.6) is 5.75 Å². The van der Waals surface area contributed by atoms with E-state index < -0.39 is 0 Å². The zero-order valence-electron chi connectivity index (χ0n) is 16.2. The van der Waals surface area contributed by atoms with Crippen LogP contribution in [0.2, 0.25) is 0 Å². The Kier molecular flexibility index (Phi) is 4.99. The van der Waals surface area contributed by atoms with Gasteiger partial charge in [0.05, 0.1) is 12.5 Å². The van der Waals surface area contributed by atoms with E-state index in [9.17, 15) is 9.59 Å². The third-order valence-corrected chi connectivity index (χ3v) is 4.92. The third kappa shape index (κ3) is 4.11. The summed E-state index contributed by atoms with van der Waals surface area (Å²) >= 11 is 0. The minimum atomic E-state index is -0.228. The largest absolute Gasteiger partial charge is 0.484 e. The summed E-state index contributed by atoms with van der Waals surface area (Å²) in [4.78, 5) is 28.1. The van der Waals surface area contributed by atoms with Gasteiger partial charge in [-0.2, -0.15) is 10.1 Å². The summed E-state index contributed by atoms with van der Waals surface area (Å²) in [5, 5.41) is 9.71. The van der Waals surface area contributed by atoms with E-state index in [4.69, 9.17) is 4.74 Å². The van der Waals surface area contributed by atoms with Gasteiger partial charge >= 0.3 is 0 Å². The average molecular weight is 391 g/mol. The fourth-order valence-corrected chi connectivity index (χ4v) is 3.22. The minimum Gasteiger partial charge on any atom is -0.484 e. The standard InChI is InChI=1S/C21H21N5O3/c1-13-3-6-16(9-14(13)2)24-20(28)11-29-17-7-4-15(5-8-17)18-10-19(27)25-21-22-12-23-26(18)21/h3-9,12,18H,10-11H2,1-2H3,(H,24,28)(H,22,23,25,27). The van der Waals surface area contributed by atoms with Crippen LogP contribution in [0.4, 0.5) is 11.6 Å². The molecular weight excluding hydrogens is 370 g/mol. The SMILES string of the molecule is Cc1ccc(NC(=O)COc2ccc(C3CC(=O)Nc4ncnn43)cc2)cc1C. The molecule has 0 bridgehead atoms. The van der Waals surface area contributed by atoms with E-state index in [0.717, 1.165) is 16.8 Å². The smallest absolute Gasteiger partial charge is 0.262 e. The number of aromatic nitrogens is 3. The number of fused-ring (bicyclic) bond motifs is 1. The number of carbonyl (C=O) groups excluding carboxylic acids is 2. The van der Waals surface area contributed by atoms with Crippen molar-refractivity contribution in [2.45, 2.75) is 26.3 Å². The molecule has 0 saturated carbocycles. The number of benzene rings is 2. The van der Waals surface area contributed by atoms with Gasteiger partial charge in [-0.3, -0.25) is 14.9 Å². The van der Waals surface area contributed by atoms with Gasteiger partial charge in [-0.15, -0.1) is 0 Å². The monoisotopic (exact) mass is 391 g/mol. The van der Waals surface area contributed by atoms with E-state index in [2.05, 4.69) is 20.7 Å².